The summed E-state index contributed by atoms with van der Waals surface area (Å²) in [5, 5.41) is 11.8. The summed E-state index contributed by atoms with van der Waals surface area (Å²) in [6.45, 7) is 2.44. The third kappa shape index (κ3) is 9.21. The van der Waals surface area contributed by atoms with Crippen molar-refractivity contribution in [3.63, 3.8) is 0 Å². The molecule has 1 heterocycles. The highest BCUT2D eigenvalue weighted by atomic mass is 16.7. The maximum absolute atomic E-state index is 13.3. The molecule has 0 saturated carbocycles. The van der Waals surface area contributed by atoms with Crippen molar-refractivity contribution in [1.29, 1.82) is 0 Å². The first kappa shape index (κ1) is 28.1. The van der Waals surface area contributed by atoms with Gasteiger partial charge in [-0.25, -0.2) is 4.98 Å². The lowest BCUT2D eigenvalue weighted by molar-refractivity contribution is -0.211. The number of benzene rings is 1. The van der Waals surface area contributed by atoms with Gasteiger partial charge in [0, 0.05) is 44.9 Å². The van der Waals surface area contributed by atoms with E-state index in [4.69, 9.17) is 25.1 Å². The van der Waals surface area contributed by atoms with Crippen LogP contribution in [0.15, 0.2) is 36.5 Å². The van der Waals surface area contributed by atoms with Crippen LogP contribution in [0.4, 0.5) is 0 Å². The minimum atomic E-state index is -1.15. The molecular weight excluding hydrogens is 456 g/mol. The Labute approximate surface area is 204 Å². The first-order valence-corrected chi connectivity index (χ1v) is 11.2. The molecule has 0 fully saturated rings. The lowest BCUT2D eigenvalue weighted by Crippen LogP contribution is -2.45. The second-order valence-electron chi connectivity index (χ2n) is 8.32. The van der Waals surface area contributed by atoms with Crippen LogP contribution in [0.2, 0.25) is 0 Å². The van der Waals surface area contributed by atoms with Crippen molar-refractivity contribution in [3.05, 3.63) is 53.6 Å². The van der Waals surface area contributed by atoms with E-state index in [1.165, 1.54) is 13.3 Å². The van der Waals surface area contributed by atoms with E-state index in [0.717, 1.165) is 5.56 Å². The highest BCUT2D eigenvalue weighted by molar-refractivity contribution is 5.97. The van der Waals surface area contributed by atoms with Crippen LogP contribution in [0.25, 0.3) is 0 Å². The number of methoxy groups -OCH3 is 2. The van der Waals surface area contributed by atoms with E-state index in [0.29, 0.717) is 18.7 Å². The van der Waals surface area contributed by atoms with Crippen molar-refractivity contribution in [3.8, 4) is 0 Å². The predicted octanol–water partition coefficient (Wildman–Crippen LogP) is 0.938. The molecule has 0 aliphatic rings. The minimum Gasteiger partial charge on any atom is -0.480 e. The summed E-state index contributed by atoms with van der Waals surface area (Å²) >= 11 is 0. The quantitative estimate of drug-likeness (QED) is 0.152. The van der Waals surface area contributed by atoms with Gasteiger partial charge in [-0.3, -0.25) is 14.4 Å². The summed E-state index contributed by atoms with van der Waals surface area (Å²) in [7, 11) is 3.03. The monoisotopic (exact) mass is 490 g/mol. The molecule has 1 aromatic carbocycles. The van der Waals surface area contributed by atoms with E-state index in [2.05, 4.69) is 15.3 Å². The number of carboxylic acid groups (broad SMARTS) is 1. The fraction of sp³-hybridized carbons (Fsp3) is 0.500. The van der Waals surface area contributed by atoms with Crippen LogP contribution < -0.4 is 11.1 Å². The predicted molar refractivity (Wildman–Crippen MR) is 127 cm³/mol. The number of hydrogen-bond donors (Lipinski definition) is 4. The van der Waals surface area contributed by atoms with Crippen molar-refractivity contribution in [2.75, 3.05) is 34.0 Å². The second kappa shape index (κ2) is 13.7. The number of nitrogens with two attached hydrogens (primary N) is 1. The molecule has 0 saturated heterocycles. The molecule has 3 atom stereocenters. The number of aromatic amines is 1. The zero-order chi connectivity index (χ0) is 25.8. The maximum Gasteiger partial charge on any atom is 0.320 e. The van der Waals surface area contributed by atoms with Gasteiger partial charge in [0.05, 0.1) is 19.8 Å². The van der Waals surface area contributed by atoms with Crippen LogP contribution in [0.1, 0.15) is 35.2 Å². The van der Waals surface area contributed by atoms with Crippen molar-refractivity contribution in [2.24, 2.45) is 11.7 Å². The number of ketones is 1. The fourth-order valence-electron chi connectivity index (χ4n) is 3.34. The average molecular weight is 491 g/mol. The maximum atomic E-state index is 13.3. The molecule has 35 heavy (non-hydrogen) atoms. The Kier molecular flexibility index (Phi) is 11.0. The molecule has 2 rings (SSSR count). The highest BCUT2D eigenvalue weighted by Crippen LogP contribution is 2.18. The van der Waals surface area contributed by atoms with Gasteiger partial charge in [-0.2, -0.15) is 0 Å². The number of amides is 1. The Morgan fingerprint density at radius 2 is 1.89 bits per heavy atom. The lowest BCUT2D eigenvalue weighted by atomic mass is 9.91. The Bertz CT molecular complexity index is 966. The van der Waals surface area contributed by atoms with Gasteiger partial charge < -0.3 is 35.4 Å². The Morgan fingerprint density at radius 1 is 1.17 bits per heavy atom. The number of carboxylic acids is 1. The summed E-state index contributed by atoms with van der Waals surface area (Å²) in [4.78, 5) is 44.0. The van der Waals surface area contributed by atoms with Gasteiger partial charge in [-0.05, 0) is 18.9 Å². The van der Waals surface area contributed by atoms with Gasteiger partial charge in [-0.1, -0.05) is 30.3 Å². The average Bonchev–Trinajstić information content (AvgIpc) is 3.31. The summed E-state index contributed by atoms with van der Waals surface area (Å²) in [5.74, 6) is -3.56. The van der Waals surface area contributed by atoms with Gasteiger partial charge in [0.25, 0.3) is 0 Å². The van der Waals surface area contributed by atoms with Gasteiger partial charge >= 0.3 is 5.97 Å². The number of H-pyrrole nitrogens is 1. The van der Waals surface area contributed by atoms with Gasteiger partial charge in [0.1, 0.15) is 6.04 Å². The largest absolute Gasteiger partial charge is 0.480 e. The van der Waals surface area contributed by atoms with Crippen molar-refractivity contribution < 1.29 is 33.7 Å². The smallest absolute Gasteiger partial charge is 0.320 e. The molecule has 0 bridgehead atoms. The molecule has 11 nitrogen and oxygen atoms in total. The summed E-state index contributed by atoms with van der Waals surface area (Å²) < 4.78 is 16.0. The number of nitrogens with one attached hydrogen (secondary N) is 2. The second-order valence-corrected chi connectivity index (χ2v) is 8.32. The molecule has 0 aliphatic heterocycles. The SMILES string of the molecule is COCCO[C@](C)(CNC(=O)C[C@@H](Cc1ccccc1)C(=O)c1ncc(C[C@@H](N)C(=O)O)[nH]1)OC. The number of rotatable bonds is 16. The number of imidazole rings is 1. The van der Waals surface area contributed by atoms with Crippen LogP contribution in [0, 0.1) is 5.92 Å². The Hall–Kier alpha value is -3.12. The molecule has 2 aromatic rings. The Balaban J connectivity index is 2.10. The number of carbonyl (C=O) groups is 3. The van der Waals surface area contributed by atoms with Crippen LogP contribution in [-0.2, 0) is 36.6 Å². The van der Waals surface area contributed by atoms with Crippen molar-refractivity contribution >= 4 is 17.7 Å². The van der Waals surface area contributed by atoms with E-state index in [1.807, 2.05) is 30.3 Å². The zero-order valence-electron chi connectivity index (χ0n) is 20.3. The lowest BCUT2D eigenvalue weighted by Gasteiger charge is -2.28. The molecule has 11 heteroatoms. The molecule has 1 amide bonds. The van der Waals surface area contributed by atoms with Gasteiger partial charge in [0.15, 0.2) is 11.6 Å². The van der Waals surface area contributed by atoms with E-state index >= 15 is 0 Å². The third-order valence-electron chi connectivity index (χ3n) is 5.48. The van der Waals surface area contributed by atoms with Gasteiger partial charge in [-0.15, -0.1) is 0 Å². The summed E-state index contributed by atoms with van der Waals surface area (Å²) in [5.41, 5.74) is 6.89. The number of carbonyl (C=O) groups excluding carboxylic acids is 2. The third-order valence-corrected chi connectivity index (χ3v) is 5.48. The number of aromatic nitrogens is 2. The Morgan fingerprint density at radius 3 is 2.51 bits per heavy atom. The topological polar surface area (TPSA) is 166 Å². The molecule has 5 N–H and O–H groups in total. The first-order valence-electron chi connectivity index (χ1n) is 11.2. The van der Waals surface area contributed by atoms with Crippen LogP contribution in [0.3, 0.4) is 0 Å². The molecule has 1 aromatic heterocycles. The van der Waals surface area contributed by atoms with Gasteiger partial charge in [0.2, 0.25) is 11.7 Å². The molecule has 0 radical (unpaired) electrons. The molecule has 0 spiro atoms. The molecule has 0 aliphatic carbocycles. The van der Waals surface area contributed by atoms with Crippen LogP contribution in [0.5, 0.6) is 0 Å². The number of hydrogen-bond acceptors (Lipinski definition) is 8. The number of ether oxygens (including phenoxy) is 3. The van der Waals surface area contributed by atoms with E-state index in [9.17, 15) is 14.4 Å². The number of aliphatic carboxylic acids is 1. The van der Waals surface area contributed by atoms with Crippen LogP contribution in [-0.4, -0.2) is 78.5 Å². The van der Waals surface area contributed by atoms with Crippen molar-refractivity contribution in [2.45, 2.75) is 38.0 Å². The number of Topliss-reactive ketones (excluding diaryl/α,β-unsaturated/α-hetero) is 1. The normalized spacial score (nSPS) is 14.6. The first-order chi connectivity index (χ1) is 16.7. The summed E-state index contributed by atoms with van der Waals surface area (Å²) in [6, 6.07) is 8.22. The standard InChI is InChI=1S/C24H34N4O7/c1-24(34-3,35-10-9-33-2)15-27-20(29)12-17(11-16-7-5-4-6-8-16)21(30)22-26-14-18(28-22)13-19(25)23(31)32/h4-8,14,17,19H,9-13,15,25H2,1-3H3,(H,26,28)(H,27,29)(H,31,32)/t17-,19-,24-/m1/s1. The highest BCUT2D eigenvalue weighted by Gasteiger charge is 2.29. The zero-order valence-corrected chi connectivity index (χ0v) is 20.3. The number of nitrogens with zero attached hydrogens (tertiary/aromatic N) is 1. The van der Waals surface area contributed by atoms with Crippen LogP contribution >= 0.6 is 0 Å². The minimum absolute atomic E-state index is 0.00186. The summed E-state index contributed by atoms with van der Waals surface area (Å²) in [6.07, 6.45) is 1.62. The van der Waals surface area contributed by atoms with Crippen molar-refractivity contribution in [1.82, 2.24) is 15.3 Å². The molecular formula is C24H34N4O7. The molecule has 192 valence electrons. The fourth-order valence-corrected chi connectivity index (χ4v) is 3.34. The molecule has 0 unspecified atom stereocenters. The van der Waals surface area contributed by atoms with E-state index in [1.54, 1.807) is 14.0 Å². The van der Waals surface area contributed by atoms with E-state index in [-0.39, 0.29) is 43.5 Å². The van der Waals surface area contributed by atoms with E-state index < -0.39 is 23.7 Å².